The molecular weight excluding hydrogens is 677 g/mol. The van der Waals surface area contributed by atoms with Gasteiger partial charge in [-0.1, -0.05) is 194 Å². The molecule has 0 amide bonds. The minimum absolute atomic E-state index is 1.09. The molecule has 0 saturated heterocycles. The van der Waals surface area contributed by atoms with Gasteiger partial charge in [-0.25, -0.2) is 0 Å². The fourth-order valence-electron chi connectivity index (χ4n) is 7.52. The van der Waals surface area contributed by atoms with E-state index >= 15 is 0 Å². The third-order valence-electron chi connectivity index (χ3n) is 10.2. The zero-order valence-electron chi connectivity index (χ0n) is 31.0. The van der Waals surface area contributed by atoms with Crippen LogP contribution in [0.2, 0.25) is 0 Å². The molecule has 0 atom stereocenters. The number of para-hydroxylation sites is 2. The lowest BCUT2D eigenvalue weighted by atomic mass is 9.95. The molecule has 266 valence electrons. The van der Waals surface area contributed by atoms with Crippen molar-refractivity contribution in [3.8, 4) is 0 Å². The van der Waals surface area contributed by atoms with E-state index in [1.54, 1.807) is 0 Å². The van der Waals surface area contributed by atoms with Crippen molar-refractivity contribution in [2.45, 2.75) is 0 Å². The van der Waals surface area contributed by atoms with E-state index in [9.17, 15) is 0 Å². The van der Waals surface area contributed by atoms with E-state index in [0.29, 0.717) is 0 Å². The number of benzene rings is 9. The summed E-state index contributed by atoms with van der Waals surface area (Å²) in [5.41, 5.74) is 11.3. The Labute approximate surface area is 329 Å². The first-order chi connectivity index (χ1) is 27.8. The summed E-state index contributed by atoms with van der Waals surface area (Å²) >= 11 is 0. The lowest BCUT2D eigenvalue weighted by Gasteiger charge is -2.33. The number of nitrogens with zero attached hydrogens (tertiary/aromatic N) is 2. The predicted molar refractivity (Wildman–Crippen MR) is 242 cm³/mol. The molecule has 9 aromatic rings. The second-order valence-corrected chi connectivity index (χ2v) is 13.8. The van der Waals surface area contributed by atoms with Crippen LogP contribution in [0.25, 0.3) is 45.8 Å². The van der Waals surface area contributed by atoms with Crippen LogP contribution >= 0.6 is 0 Å². The summed E-state index contributed by atoms with van der Waals surface area (Å²) < 4.78 is 0. The van der Waals surface area contributed by atoms with Crippen molar-refractivity contribution in [2.75, 3.05) is 9.80 Å². The number of hydrogen-bond acceptors (Lipinski definition) is 2. The number of fused-ring (bicyclic) bond motifs is 2. The first-order valence-electron chi connectivity index (χ1n) is 19.1. The second kappa shape index (κ2) is 15.9. The van der Waals surface area contributed by atoms with Crippen molar-refractivity contribution in [1.29, 1.82) is 0 Å². The Balaban J connectivity index is 1.22. The smallest absolute Gasteiger partial charge is 0.0619 e. The molecule has 56 heavy (non-hydrogen) atoms. The third-order valence-corrected chi connectivity index (χ3v) is 10.2. The van der Waals surface area contributed by atoms with Gasteiger partial charge in [0, 0.05) is 44.3 Å². The number of rotatable bonds is 10. The molecular formula is C54H40N2. The van der Waals surface area contributed by atoms with Gasteiger partial charge in [0.1, 0.15) is 0 Å². The van der Waals surface area contributed by atoms with Crippen molar-refractivity contribution in [1.82, 2.24) is 0 Å². The van der Waals surface area contributed by atoms with Gasteiger partial charge in [0.2, 0.25) is 0 Å². The second-order valence-electron chi connectivity index (χ2n) is 13.8. The summed E-state index contributed by atoms with van der Waals surface area (Å²) in [6.07, 6.45) is 8.68. The Hall–Kier alpha value is -7.42. The molecule has 0 fully saturated rings. The van der Waals surface area contributed by atoms with Crippen LogP contribution in [0.5, 0.6) is 0 Å². The topological polar surface area (TPSA) is 6.48 Å². The standard InChI is InChI=1S/C54H40N2/c1-5-17-41(18-6-1)29-31-43-33-37-47(38-34-43)55(45-21-9-3-10-22-45)53-49-25-13-15-27-51(49)54(52-28-16-14-26-50(52)53)56(46-23-11-4-12-24-46)48-39-35-44(36-40-48)32-30-42-19-7-2-8-20-42/h1-40H. The van der Waals surface area contributed by atoms with Crippen LogP contribution in [0.4, 0.5) is 34.1 Å². The maximum absolute atomic E-state index is 2.42. The van der Waals surface area contributed by atoms with Gasteiger partial charge < -0.3 is 9.80 Å². The van der Waals surface area contributed by atoms with E-state index in [4.69, 9.17) is 0 Å². The van der Waals surface area contributed by atoms with Gasteiger partial charge in [0.15, 0.2) is 0 Å². The van der Waals surface area contributed by atoms with E-state index in [2.05, 4.69) is 240 Å². The molecule has 0 heterocycles. The summed E-state index contributed by atoms with van der Waals surface area (Å²) in [6.45, 7) is 0. The monoisotopic (exact) mass is 716 g/mol. The van der Waals surface area contributed by atoms with Crippen molar-refractivity contribution in [3.63, 3.8) is 0 Å². The molecule has 9 rings (SSSR count). The normalized spacial score (nSPS) is 11.4. The van der Waals surface area contributed by atoms with Gasteiger partial charge >= 0.3 is 0 Å². The Morgan fingerprint density at radius 3 is 0.750 bits per heavy atom. The fraction of sp³-hybridized carbons (Fsp3) is 0. The summed E-state index contributed by atoms with van der Waals surface area (Å²) in [4.78, 5) is 4.83. The maximum atomic E-state index is 2.42. The Morgan fingerprint density at radius 2 is 0.446 bits per heavy atom. The molecule has 0 aliphatic rings. The molecule has 0 unspecified atom stereocenters. The minimum Gasteiger partial charge on any atom is -0.309 e. The maximum Gasteiger partial charge on any atom is 0.0619 e. The molecule has 0 radical (unpaired) electrons. The van der Waals surface area contributed by atoms with Gasteiger partial charge in [-0.05, 0) is 70.8 Å². The van der Waals surface area contributed by atoms with Crippen LogP contribution in [-0.4, -0.2) is 0 Å². The van der Waals surface area contributed by atoms with Crippen molar-refractivity contribution in [2.24, 2.45) is 0 Å². The van der Waals surface area contributed by atoms with Gasteiger partial charge in [0.25, 0.3) is 0 Å². The van der Waals surface area contributed by atoms with E-state index < -0.39 is 0 Å². The van der Waals surface area contributed by atoms with Crippen LogP contribution in [0, 0.1) is 0 Å². The van der Waals surface area contributed by atoms with Gasteiger partial charge in [0.05, 0.1) is 11.4 Å². The fourth-order valence-corrected chi connectivity index (χ4v) is 7.52. The van der Waals surface area contributed by atoms with Crippen molar-refractivity contribution >= 4 is 80.0 Å². The summed E-state index contributed by atoms with van der Waals surface area (Å²) in [5.74, 6) is 0. The lowest BCUT2D eigenvalue weighted by molar-refractivity contribution is 1.29. The zero-order valence-corrected chi connectivity index (χ0v) is 31.0. The summed E-state index contributed by atoms with van der Waals surface area (Å²) in [7, 11) is 0. The average molecular weight is 717 g/mol. The molecule has 0 bridgehead atoms. The van der Waals surface area contributed by atoms with Gasteiger partial charge in [-0.15, -0.1) is 0 Å². The Kier molecular flexibility index (Phi) is 9.75. The highest BCUT2D eigenvalue weighted by atomic mass is 15.2. The number of hydrogen-bond donors (Lipinski definition) is 0. The Morgan fingerprint density at radius 1 is 0.214 bits per heavy atom. The summed E-state index contributed by atoms with van der Waals surface area (Å²) in [5, 5.41) is 4.67. The first kappa shape index (κ1) is 34.4. The molecule has 9 aromatic carbocycles. The van der Waals surface area contributed by atoms with Crippen molar-refractivity contribution in [3.05, 3.63) is 241 Å². The molecule has 0 aromatic heterocycles. The number of anilines is 6. The molecule has 0 saturated carbocycles. The minimum atomic E-state index is 1.09. The zero-order chi connectivity index (χ0) is 37.5. The molecule has 2 nitrogen and oxygen atoms in total. The highest BCUT2D eigenvalue weighted by molar-refractivity contribution is 6.23. The van der Waals surface area contributed by atoms with E-state index in [-0.39, 0.29) is 0 Å². The Bertz CT molecular complexity index is 2500. The SMILES string of the molecule is C(=Cc1ccc(N(c2ccccc2)c2c3ccccc3c(N(c3ccccc3)c3ccc(C=Cc4ccccc4)cc3)c3ccccc23)cc1)c1ccccc1. The average Bonchev–Trinajstić information content (AvgIpc) is 3.28. The van der Waals surface area contributed by atoms with Crippen molar-refractivity contribution < 1.29 is 0 Å². The van der Waals surface area contributed by atoms with Gasteiger partial charge in [-0.2, -0.15) is 0 Å². The highest BCUT2D eigenvalue weighted by Gasteiger charge is 2.25. The predicted octanol–water partition coefficient (Wildman–Crippen LogP) is 15.3. The van der Waals surface area contributed by atoms with Crippen LogP contribution in [0.3, 0.4) is 0 Å². The van der Waals surface area contributed by atoms with Crippen LogP contribution in [0.1, 0.15) is 22.3 Å². The molecule has 0 spiro atoms. The molecule has 0 N–H and O–H groups in total. The molecule has 2 heteroatoms. The van der Waals surface area contributed by atoms with E-state index in [1.807, 2.05) is 12.1 Å². The highest BCUT2D eigenvalue weighted by Crippen LogP contribution is 2.50. The van der Waals surface area contributed by atoms with E-state index in [0.717, 1.165) is 45.3 Å². The largest absolute Gasteiger partial charge is 0.309 e. The molecule has 0 aliphatic heterocycles. The van der Waals surface area contributed by atoms with E-state index in [1.165, 1.54) is 32.7 Å². The van der Waals surface area contributed by atoms with Crippen LogP contribution in [-0.2, 0) is 0 Å². The lowest BCUT2D eigenvalue weighted by Crippen LogP contribution is -2.14. The van der Waals surface area contributed by atoms with Gasteiger partial charge in [-0.3, -0.25) is 0 Å². The quantitative estimate of drug-likeness (QED) is 0.0790. The van der Waals surface area contributed by atoms with Crippen LogP contribution in [0.15, 0.2) is 218 Å². The third kappa shape index (κ3) is 7.12. The van der Waals surface area contributed by atoms with Crippen LogP contribution < -0.4 is 9.80 Å². The first-order valence-corrected chi connectivity index (χ1v) is 19.1. The molecule has 0 aliphatic carbocycles. The summed E-state index contributed by atoms with van der Waals surface area (Å²) in [6, 6.07) is 77.8.